The summed E-state index contributed by atoms with van der Waals surface area (Å²) in [5.41, 5.74) is 0.676. The van der Waals surface area contributed by atoms with Gasteiger partial charge in [-0.25, -0.2) is 14.8 Å². The van der Waals surface area contributed by atoms with Gasteiger partial charge in [0.15, 0.2) is 0 Å². The Balaban J connectivity index is 2.10. The Morgan fingerprint density at radius 1 is 1.50 bits per heavy atom. The molecule has 2 rings (SSSR count). The molecule has 0 saturated heterocycles. The van der Waals surface area contributed by atoms with Crippen molar-refractivity contribution >= 4 is 18.0 Å². The highest BCUT2D eigenvalue weighted by molar-refractivity contribution is 5.85. The van der Waals surface area contributed by atoms with Crippen molar-refractivity contribution in [2.45, 2.75) is 18.9 Å². The zero-order valence-corrected chi connectivity index (χ0v) is 9.99. The highest BCUT2D eigenvalue weighted by Crippen LogP contribution is 2.29. The van der Waals surface area contributed by atoms with Crippen LogP contribution in [0.3, 0.4) is 0 Å². The number of aromatic nitrogens is 2. The van der Waals surface area contributed by atoms with E-state index in [9.17, 15) is 4.79 Å². The van der Waals surface area contributed by atoms with Crippen LogP contribution in [-0.2, 0) is 4.79 Å². The van der Waals surface area contributed by atoms with Crippen LogP contribution in [0.25, 0.3) is 6.08 Å². The number of nitrogens with zero attached hydrogens (tertiary/aromatic N) is 3. The van der Waals surface area contributed by atoms with Crippen molar-refractivity contribution in [3.05, 3.63) is 36.7 Å². The SMILES string of the molecule is C=CCN(c1ncc(/C=C/C(=O)O)cn1)C1CC1. The van der Waals surface area contributed by atoms with Crippen molar-refractivity contribution in [3.8, 4) is 0 Å². The Morgan fingerprint density at radius 3 is 2.67 bits per heavy atom. The van der Waals surface area contributed by atoms with Crippen molar-refractivity contribution < 1.29 is 9.90 Å². The van der Waals surface area contributed by atoms with Crippen LogP contribution in [0.2, 0.25) is 0 Å². The van der Waals surface area contributed by atoms with Crippen molar-refractivity contribution in [1.82, 2.24) is 9.97 Å². The monoisotopic (exact) mass is 245 g/mol. The number of carbonyl (C=O) groups is 1. The molecule has 5 nitrogen and oxygen atoms in total. The van der Waals surface area contributed by atoms with Gasteiger partial charge >= 0.3 is 5.97 Å². The first-order valence-electron chi connectivity index (χ1n) is 5.81. The van der Waals surface area contributed by atoms with Gasteiger partial charge in [0, 0.05) is 36.6 Å². The smallest absolute Gasteiger partial charge is 0.328 e. The zero-order valence-electron chi connectivity index (χ0n) is 9.99. The fourth-order valence-electron chi connectivity index (χ4n) is 1.65. The maximum atomic E-state index is 10.4. The second-order valence-electron chi connectivity index (χ2n) is 4.16. The van der Waals surface area contributed by atoms with Gasteiger partial charge in [0.2, 0.25) is 5.95 Å². The molecule has 0 radical (unpaired) electrons. The van der Waals surface area contributed by atoms with Crippen LogP contribution in [0, 0.1) is 0 Å². The molecule has 1 fully saturated rings. The van der Waals surface area contributed by atoms with Gasteiger partial charge in [-0.3, -0.25) is 0 Å². The van der Waals surface area contributed by atoms with E-state index < -0.39 is 5.97 Å². The summed E-state index contributed by atoms with van der Waals surface area (Å²) in [5, 5.41) is 8.52. The molecule has 1 heterocycles. The maximum Gasteiger partial charge on any atom is 0.328 e. The molecule has 0 aliphatic heterocycles. The molecule has 5 heteroatoms. The Morgan fingerprint density at radius 2 is 2.17 bits per heavy atom. The predicted molar refractivity (Wildman–Crippen MR) is 69.3 cm³/mol. The van der Waals surface area contributed by atoms with Gasteiger partial charge in [-0.05, 0) is 18.9 Å². The molecule has 1 aliphatic rings. The van der Waals surface area contributed by atoms with Crippen LogP contribution in [0.4, 0.5) is 5.95 Å². The third kappa shape index (κ3) is 3.16. The molecule has 1 aromatic heterocycles. The summed E-state index contributed by atoms with van der Waals surface area (Å²) >= 11 is 0. The average Bonchev–Trinajstić information content (AvgIpc) is 3.18. The molecule has 0 spiro atoms. The Labute approximate surface area is 105 Å². The minimum Gasteiger partial charge on any atom is -0.478 e. The number of carboxylic acids is 1. The summed E-state index contributed by atoms with van der Waals surface area (Å²) in [7, 11) is 0. The number of aliphatic carboxylic acids is 1. The van der Waals surface area contributed by atoms with E-state index >= 15 is 0 Å². The van der Waals surface area contributed by atoms with Gasteiger partial charge in [-0.15, -0.1) is 6.58 Å². The Bertz CT molecular complexity index is 464. The Kier molecular flexibility index (Phi) is 3.72. The summed E-state index contributed by atoms with van der Waals surface area (Å²) in [5.74, 6) is -0.310. The molecular weight excluding hydrogens is 230 g/mol. The van der Waals surface area contributed by atoms with Crippen LogP contribution in [0.15, 0.2) is 31.1 Å². The highest BCUT2D eigenvalue weighted by atomic mass is 16.4. The van der Waals surface area contributed by atoms with E-state index in [-0.39, 0.29) is 0 Å². The molecule has 1 saturated carbocycles. The van der Waals surface area contributed by atoms with Crippen molar-refractivity contribution in [2.75, 3.05) is 11.4 Å². The van der Waals surface area contributed by atoms with E-state index in [4.69, 9.17) is 5.11 Å². The third-order valence-corrected chi connectivity index (χ3v) is 2.65. The lowest BCUT2D eigenvalue weighted by atomic mass is 10.3. The van der Waals surface area contributed by atoms with E-state index in [0.29, 0.717) is 17.6 Å². The first-order chi connectivity index (χ1) is 8.70. The van der Waals surface area contributed by atoms with Gasteiger partial charge in [0.1, 0.15) is 0 Å². The molecule has 0 unspecified atom stereocenters. The van der Waals surface area contributed by atoms with E-state index in [1.807, 2.05) is 6.08 Å². The first kappa shape index (κ1) is 12.3. The van der Waals surface area contributed by atoms with E-state index in [1.165, 1.54) is 6.08 Å². The van der Waals surface area contributed by atoms with Crippen molar-refractivity contribution in [1.29, 1.82) is 0 Å². The van der Waals surface area contributed by atoms with Crippen molar-refractivity contribution in [3.63, 3.8) is 0 Å². The van der Waals surface area contributed by atoms with Crippen molar-refractivity contribution in [2.24, 2.45) is 0 Å². The molecule has 1 N–H and O–H groups in total. The molecular formula is C13H15N3O2. The zero-order chi connectivity index (χ0) is 13.0. The minimum atomic E-state index is -0.981. The highest BCUT2D eigenvalue weighted by Gasteiger charge is 2.29. The van der Waals surface area contributed by atoms with Gasteiger partial charge in [0.25, 0.3) is 0 Å². The van der Waals surface area contributed by atoms with Gasteiger partial charge < -0.3 is 10.0 Å². The maximum absolute atomic E-state index is 10.4. The Hall–Kier alpha value is -2.17. The largest absolute Gasteiger partial charge is 0.478 e. The predicted octanol–water partition coefficient (Wildman–Crippen LogP) is 1.73. The molecule has 18 heavy (non-hydrogen) atoms. The quantitative estimate of drug-likeness (QED) is 0.610. The molecule has 0 aromatic carbocycles. The lowest BCUT2D eigenvalue weighted by molar-refractivity contribution is -0.131. The van der Waals surface area contributed by atoms with Crippen LogP contribution < -0.4 is 4.90 Å². The average molecular weight is 245 g/mol. The lowest BCUT2D eigenvalue weighted by Crippen LogP contribution is -2.27. The van der Waals surface area contributed by atoms with Gasteiger partial charge in [-0.1, -0.05) is 6.08 Å². The summed E-state index contributed by atoms with van der Waals surface area (Å²) < 4.78 is 0. The summed E-state index contributed by atoms with van der Waals surface area (Å²) in [6, 6.07) is 0.517. The number of anilines is 1. The second kappa shape index (κ2) is 5.44. The summed E-state index contributed by atoms with van der Waals surface area (Å²) in [4.78, 5) is 21.0. The first-order valence-corrected chi connectivity index (χ1v) is 5.81. The number of carboxylic acid groups (broad SMARTS) is 1. The van der Waals surface area contributed by atoms with Crippen LogP contribution in [0.5, 0.6) is 0 Å². The minimum absolute atomic E-state index is 0.517. The number of hydrogen-bond donors (Lipinski definition) is 1. The van der Waals surface area contributed by atoms with Gasteiger partial charge in [-0.2, -0.15) is 0 Å². The molecule has 94 valence electrons. The fraction of sp³-hybridized carbons (Fsp3) is 0.308. The molecule has 0 amide bonds. The van der Waals surface area contributed by atoms with Crippen LogP contribution >= 0.6 is 0 Å². The van der Waals surface area contributed by atoms with Crippen LogP contribution in [-0.4, -0.2) is 33.6 Å². The molecule has 0 atom stereocenters. The molecule has 1 aromatic rings. The topological polar surface area (TPSA) is 66.3 Å². The fourth-order valence-corrected chi connectivity index (χ4v) is 1.65. The van der Waals surface area contributed by atoms with E-state index in [0.717, 1.165) is 25.5 Å². The number of rotatable bonds is 6. The molecule has 0 bridgehead atoms. The second-order valence-corrected chi connectivity index (χ2v) is 4.16. The standard InChI is InChI=1S/C13H15N3O2/c1-2-7-16(11-4-5-11)13-14-8-10(9-15-13)3-6-12(17)18/h2-3,6,8-9,11H,1,4-5,7H2,(H,17,18)/b6-3+. The van der Waals surface area contributed by atoms with Gasteiger partial charge in [0.05, 0.1) is 0 Å². The third-order valence-electron chi connectivity index (χ3n) is 2.65. The summed E-state index contributed by atoms with van der Waals surface area (Å²) in [6.45, 7) is 4.46. The van der Waals surface area contributed by atoms with E-state index in [2.05, 4.69) is 21.4 Å². The van der Waals surface area contributed by atoms with Crippen LogP contribution in [0.1, 0.15) is 18.4 Å². The normalized spacial score (nSPS) is 14.7. The number of hydrogen-bond acceptors (Lipinski definition) is 4. The lowest BCUT2D eigenvalue weighted by Gasteiger charge is -2.20. The summed E-state index contributed by atoms with van der Waals surface area (Å²) in [6.07, 6.45) is 9.96. The molecule has 1 aliphatic carbocycles. The van der Waals surface area contributed by atoms with E-state index in [1.54, 1.807) is 12.4 Å².